The van der Waals surface area contributed by atoms with Crippen LogP contribution in [0.3, 0.4) is 0 Å². The van der Waals surface area contributed by atoms with Crippen molar-refractivity contribution < 1.29 is 0 Å². The monoisotopic (exact) mass is 240 g/mol. The van der Waals surface area contributed by atoms with Gasteiger partial charge in [0, 0.05) is 36.3 Å². The van der Waals surface area contributed by atoms with Crippen LogP contribution in [0.15, 0.2) is 18.3 Å². The van der Waals surface area contributed by atoms with Crippen molar-refractivity contribution in [3.63, 3.8) is 0 Å². The lowest BCUT2D eigenvalue weighted by molar-refractivity contribution is 0.480. The van der Waals surface area contributed by atoms with Crippen LogP contribution < -0.4 is 0 Å². The summed E-state index contributed by atoms with van der Waals surface area (Å²) >= 11 is 0. The number of aryl methyl sites for hydroxylation is 2. The van der Waals surface area contributed by atoms with Gasteiger partial charge >= 0.3 is 0 Å². The van der Waals surface area contributed by atoms with Gasteiger partial charge in [-0.05, 0) is 37.8 Å². The quantitative estimate of drug-likeness (QED) is 0.810. The number of hydrogen-bond donors (Lipinski definition) is 0. The van der Waals surface area contributed by atoms with E-state index in [2.05, 4.69) is 25.8 Å². The molecule has 3 heterocycles. The summed E-state index contributed by atoms with van der Waals surface area (Å²) in [7, 11) is 0. The van der Waals surface area contributed by atoms with E-state index in [0.29, 0.717) is 5.92 Å². The van der Waals surface area contributed by atoms with E-state index in [1.54, 1.807) is 0 Å². The second-order valence-electron chi connectivity index (χ2n) is 5.28. The molecule has 1 aliphatic carbocycles. The SMILES string of the molecule is c1cc(-c2nc3n(n2)CCCC3)cc(C2CC2)n1. The van der Waals surface area contributed by atoms with Crippen LogP contribution in [0.5, 0.6) is 0 Å². The van der Waals surface area contributed by atoms with Crippen molar-refractivity contribution in [1.82, 2.24) is 19.7 Å². The molecule has 0 aromatic carbocycles. The van der Waals surface area contributed by atoms with Gasteiger partial charge in [-0.15, -0.1) is 0 Å². The summed E-state index contributed by atoms with van der Waals surface area (Å²) in [5.41, 5.74) is 2.33. The van der Waals surface area contributed by atoms with Crippen LogP contribution in [0.1, 0.15) is 43.1 Å². The zero-order chi connectivity index (χ0) is 11.9. The van der Waals surface area contributed by atoms with Crippen LogP contribution in [-0.2, 0) is 13.0 Å². The molecule has 2 aliphatic rings. The second-order valence-corrected chi connectivity index (χ2v) is 5.28. The fourth-order valence-electron chi connectivity index (χ4n) is 2.60. The fraction of sp³-hybridized carbons (Fsp3) is 0.500. The van der Waals surface area contributed by atoms with Gasteiger partial charge in [-0.2, -0.15) is 5.10 Å². The van der Waals surface area contributed by atoms with Crippen LogP contribution in [0, 0.1) is 0 Å². The van der Waals surface area contributed by atoms with Crippen LogP contribution >= 0.6 is 0 Å². The molecule has 0 saturated heterocycles. The summed E-state index contributed by atoms with van der Waals surface area (Å²) in [6.45, 7) is 1.02. The fourth-order valence-corrected chi connectivity index (χ4v) is 2.60. The minimum Gasteiger partial charge on any atom is -0.261 e. The van der Waals surface area contributed by atoms with Gasteiger partial charge in [-0.1, -0.05) is 0 Å². The normalized spacial score (nSPS) is 18.7. The minimum atomic E-state index is 0.683. The molecule has 0 bridgehead atoms. The van der Waals surface area contributed by atoms with Gasteiger partial charge in [0.25, 0.3) is 0 Å². The number of nitrogens with zero attached hydrogens (tertiary/aromatic N) is 4. The number of rotatable bonds is 2. The van der Waals surface area contributed by atoms with Crippen LogP contribution in [-0.4, -0.2) is 19.7 Å². The lowest BCUT2D eigenvalue weighted by atomic mass is 10.1. The molecule has 1 aliphatic heterocycles. The standard InChI is InChI=1S/C14H16N4/c1-2-8-18-13(3-1)16-14(17-18)11-6-7-15-12(9-11)10-4-5-10/h6-7,9-10H,1-5,8H2. The van der Waals surface area contributed by atoms with E-state index in [-0.39, 0.29) is 0 Å². The Morgan fingerprint density at radius 1 is 1.22 bits per heavy atom. The lowest BCUT2D eigenvalue weighted by Crippen LogP contribution is -2.11. The maximum Gasteiger partial charge on any atom is 0.181 e. The largest absolute Gasteiger partial charge is 0.261 e. The summed E-state index contributed by atoms with van der Waals surface area (Å²) in [6, 6.07) is 4.19. The van der Waals surface area contributed by atoms with E-state index in [4.69, 9.17) is 0 Å². The van der Waals surface area contributed by atoms with Crippen LogP contribution in [0.2, 0.25) is 0 Å². The Hall–Kier alpha value is -1.71. The molecule has 2 aromatic heterocycles. The first-order valence-electron chi connectivity index (χ1n) is 6.80. The molecule has 0 N–H and O–H groups in total. The van der Waals surface area contributed by atoms with Gasteiger partial charge in [-0.3, -0.25) is 4.98 Å². The lowest BCUT2D eigenvalue weighted by Gasteiger charge is -2.09. The zero-order valence-electron chi connectivity index (χ0n) is 10.3. The maximum absolute atomic E-state index is 4.67. The van der Waals surface area contributed by atoms with Crippen molar-refractivity contribution in [3.05, 3.63) is 29.8 Å². The molecule has 0 spiro atoms. The van der Waals surface area contributed by atoms with Crippen molar-refractivity contribution in [2.45, 2.75) is 44.6 Å². The molecule has 18 heavy (non-hydrogen) atoms. The van der Waals surface area contributed by atoms with E-state index in [1.807, 2.05) is 12.3 Å². The van der Waals surface area contributed by atoms with Crippen molar-refractivity contribution in [1.29, 1.82) is 0 Å². The zero-order valence-corrected chi connectivity index (χ0v) is 10.3. The first kappa shape index (κ1) is 10.2. The predicted octanol–water partition coefficient (Wildman–Crippen LogP) is 2.55. The van der Waals surface area contributed by atoms with E-state index >= 15 is 0 Å². The molecule has 0 unspecified atom stereocenters. The van der Waals surface area contributed by atoms with Crippen LogP contribution in [0.4, 0.5) is 0 Å². The summed E-state index contributed by atoms with van der Waals surface area (Å²) in [5, 5.41) is 4.62. The molecule has 4 nitrogen and oxygen atoms in total. The van der Waals surface area contributed by atoms with Gasteiger partial charge < -0.3 is 0 Å². The molecular formula is C14H16N4. The van der Waals surface area contributed by atoms with Gasteiger partial charge in [0.15, 0.2) is 5.82 Å². The average Bonchev–Trinajstić information content (AvgIpc) is 3.18. The van der Waals surface area contributed by atoms with E-state index < -0.39 is 0 Å². The molecule has 2 aromatic rings. The average molecular weight is 240 g/mol. The Morgan fingerprint density at radius 2 is 2.17 bits per heavy atom. The third kappa shape index (κ3) is 1.72. The highest BCUT2D eigenvalue weighted by molar-refractivity contribution is 5.55. The summed E-state index contributed by atoms with van der Waals surface area (Å²) in [4.78, 5) is 9.11. The van der Waals surface area contributed by atoms with Gasteiger partial charge in [-0.25, -0.2) is 9.67 Å². The third-order valence-electron chi connectivity index (χ3n) is 3.80. The summed E-state index contributed by atoms with van der Waals surface area (Å²) in [6.07, 6.45) is 7.98. The Labute approximate surface area is 106 Å². The van der Waals surface area contributed by atoms with E-state index in [9.17, 15) is 0 Å². The number of pyridine rings is 1. The highest BCUT2D eigenvalue weighted by Crippen LogP contribution is 2.39. The highest BCUT2D eigenvalue weighted by Gasteiger charge is 2.25. The molecule has 1 fully saturated rings. The Kier molecular flexibility index (Phi) is 2.22. The molecular weight excluding hydrogens is 224 g/mol. The van der Waals surface area contributed by atoms with Gasteiger partial charge in [0.05, 0.1) is 0 Å². The maximum atomic E-state index is 4.67. The van der Waals surface area contributed by atoms with Crippen molar-refractivity contribution in [2.75, 3.05) is 0 Å². The topological polar surface area (TPSA) is 43.6 Å². The number of hydrogen-bond acceptors (Lipinski definition) is 3. The number of fused-ring (bicyclic) bond motifs is 1. The summed E-state index contributed by atoms with van der Waals surface area (Å²) < 4.78 is 2.07. The van der Waals surface area contributed by atoms with Crippen molar-refractivity contribution >= 4 is 0 Å². The van der Waals surface area contributed by atoms with Crippen molar-refractivity contribution in [2.24, 2.45) is 0 Å². The predicted molar refractivity (Wildman–Crippen MR) is 68.2 cm³/mol. The Balaban J connectivity index is 1.73. The number of aromatic nitrogens is 4. The molecule has 0 atom stereocenters. The van der Waals surface area contributed by atoms with E-state index in [0.717, 1.165) is 30.2 Å². The first-order valence-corrected chi connectivity index (χ1v) is 6.80. The summed E-state index contributed by atoms with van der Waals surface area (Å²) in [5.74, 6) is 2.69. The van der Waals surface area contributed by atoms with Gasteiger partial charge in [0.2, 0.25) is 0 Å². The third-order valence-corrected chi connectivity index (χ3v) is 3.80. The van der Waals surface area contributed by atoms with Crippen LogP contribution in [0.25, 0.3) is 11.4 Å². The molecule has 4 rings (SSSR count). The highest BCUT2D eigenvalue weighted by atomic mass is 15.3. The Morgan fingerprint density at radius 3 is 3.00 bits per heavy atom. The van der Waals surface area contributed by atoms with Gasteiger partial charge in [0.1, 0.15) is 5.82 Å². The molecule has 92 valence electrons. The molecule has 0 amide bonds. The molecule has 4 heteroatoms. The Bertz CT molecular complexity index is 560. The van der Waals surface area contributed by atoms with Crippen molar-refractivity contribution in [3.8, 4) is 11.4 Å². The first-order chi connectivity index (χ1) is 8.90. The minimum absolute atomic E-state index is 0.683. The molecule has 1 saturated carbocycles. The van der Waals surface area contributed by atoms with E-state index in [1.165, 1.54) is 31.4 Å². The second kappa shape index (κ2) is 3.90. The molecule has 0 radical (unpaired) electrons. The smallest absolute Gasteiger partial charge is 0.181 e.